The summed E-state index contributed by atoms with van der Waals surface area (Å²) in [4.78, 5) is 25.9. The summed E-state index contributed by atoms with van der Waals surface area (Å²) in [7, 11) is 5.84. The van der Waals surface area contributed by atoms with Gasteiger partial charge in [0.1, 0.15) is 6.61 Å². The number of hydrogen-bond acceptors (Lipinski definition) is 7. The normalized spacial score (nSPS) is 10.2. The second kappa shape index (κ2) is 10.3. The van der Waals surface area contributed by atoms with Gasteiger partial charge in [0, 0.05) is 11.1 Å². The minimum Gasteiger partial charge on any atom is -0.493 e. The molecule has 0 amide bonds. The number of Topliss-reactive ketones (excluding diaryl/α,β-unsaturated/α-hetero) is 2. The van der Waals surface area contributed by atoms with Crippen molar-refractivity contribution in [3.05, 3.63) is 77.4 Å². The molecule has 0 aliphatic heterocycles. The van der Waals surface area contributed by atoms with Crippen molar-refractivity contribution < 1.29 is 33.3 Å². The number of benzene rings is 3. The molecule has 0 atom stereocenters. The molecule has 0 saturated carbocycles. The van der Waals surface area contributed by atoms with Gasteiger partial charge in [-0.05, 0) is 35.9 Å². The maximum Gasteiger partial charge on any atom is 0.233 e. The van der Waals surface area contributed by atoms with Crippen LogP contribution in [-0.4, -0.2) is 40.0 Å². The average Bonchev–Trinajstić information content (AvgIpc) is 2.85. The third kappa shape index (κ3) is 4.83. The minimum absolute atomic E-state index is 0.118. The minimum atomic E-state index is -0.719. The summed E-state index contributed by atoms with van der Waals surface area (Å²) in [6.45, 7) is 0.287. The lowest BCUT2D eigenvalue weighted by molar-refractivity contribution is 0.0816. The smallest absolute Gasteiger partial charge is 0.233 e. The van der Waals surface area contributed by atoms with Gasteiger partial charge in [0.05, 0.1) is 28.4 Å². The summed E-state index contributed by atoms with van der Waals surface area (Å²) in [5.74, 6) is 0.293. The Hall–Kier alpha value is -4.00. The Morgan fingerprint density at radius 1 is 0.625 bits per heavy atom. The van der Waals surface area contributed by atoms with E-state index in [1.807, 2.05) is 30.3 Å². The Bertz CT molecular complexity index is 1080. The average molecular weight is 436 g/mol. The van der Waals surface area contributed by atoms with E-state index in [1.165, 1.54) is 52.7 Å². The zero-order valence-electron chi connectivity index (χ0n) is 18.3. The highest BCUT2D eigenvalue weighted by Gasteiger charge is 2.24. The van der Waals surface area contributed by atoms with E-state index in [2.05, 4.69) is 0 Å². The molecule has 166 valence electrons. The molecule has 7 nitrogen and oxygen atoms in total. The standard InChI is InChI=1S/C25H24O7/c1-28-19-11-10-17(12-20(19)32-15-16-8-6-5-7-9-16)23(26)24(27)18-13-21(29-2)25(31-4)22(14-18)30-3/h5-14H,15H2,1-4H3. The highest BCUT2D eigenvalue weighted by Crippen LogP contribution is 2.38. The zero-order valence-corrected chi connectivity index (χ0v) is 18.3. The van der Waals surface area contributed by atoms with E-state index in [-0.39, 0.29) is 29.2 Å². The van der Waals surface area contributed by atoms with Crippen LogP contribution in [0.5, 0.6) is 28.7 Å². The molecule has 0 saturated heterocycles. The molecule has 0 heterocycles. The van der Waals surface area contributed by atoms with Gasteiger partial charge in [0.15, 0.2) is 23.0 Å². The van der Waals surface area contributed by atoms with Gasteiger partial charge >= 0.3 is 0 Å². The van der Waals surface area contributed by atoms with E-state index in [9.17, 15) is 9.59 Å². The molecular formula is C25H24O7. The largest absolute Gasteiger partial charge is 0.493 e. The van der Waals surface area contributed by atoms with Crippen LogP contribution in [0.1, 0.15) is 26.3 Å². The van der Waals surface area contributed by atoms with Crippen LogP contribution >= 0.6 is 0 Å². The first-order valence-electron chi connectivity index (χ1n) is 9.76. The molecule has 0 aliphatic carbocycles. The second-order valence-electron chi connectivity index (χ2n) is 6.71. The molecule has 0 unspecified atom stereocenters. The first kappa shape index (κ1) is 22.7. The Morgan fingerprint density at radius 3 is 1.75 bits per heavy atom. The molecule has 0 radical (unpaired) electrons. The molecule has 0 spiro atoms. The molecule has 0 N–H and O–H groups in total. The fourth-order valence-electron chi connectivity index (χ4n) is 3.14. The van der Waals surface area contributed by atoms with Crippen molar-refractivity contribution in [1.29, 1.82) is 0 Å². The van der Waals surface area contributed by atoms with Gasteiger partial charge in [-0.15, -0.1) is 0 Å². The molecular weight excluding hydrogens is 412 g/mol. The zero-order chi connectivity index (χ0) is 23.1. The molecule has 0 bridgehead atoms. The topological polar surface area (TPSA) is 80.3 Å². The summed E-state index contributed by atoms with van der Waals surface area (Å²) in [6.07, 6.45) is 0. The van der Waals surface area contributed by atoms with Crippen LogP contribution < -0.4 is 23.7 Å². The van der Waals surface area contributed by atoms with E-state index in [0.29, 0.717) is 17.2 Å². The number of methoxy groups -OCH3 is 4. The summed E-state index contributed by atoms with van der Waals surface area (Å²) in [5, 5.41) is 0. The van der Waals surface area contributed by atoms with Crippen molar-refractivity contribution in [2.24, 2.45) is 0 Å². The predicted octanol–water partition coefficient (Wildman–Crippen LogP) is 4.37. The van der Waals surface area contributed by atoms with E-state index >= 15 is 0 Å². The lowest BCUT2D eigenvalue weighted by Gasteiger charge is -2.14. The molecule has 3 aromatic carbocycles. The number of carbonyl (C=O) groups excluding carboxylic acids is 2. The van der Waals surface area contributed by atoms with Gasteiger partial charge in [-0.2, -0.15) is 0 Å². The lowest BCUT2D eigenvalue weighted by atomic mass is 10.0. The summed E-state index contributed by atoms with van der Waals surface area (Å²) in [6, 6.07) is 17.1. The Labute approximate surface area is 186 Å². The number of carbonyl (C=O) groups is 2. The van der Waals surface area contributed by atoms with Gasteiger partial charge in [-0.25, -0.2) is 0 Å². The quantitative estimate of drug-likeness (QED) is 0.345. The van der Waals surface area contributed by atoms with Crippen LogP contribution in [0.3, 0.4) is 0 Å². The molecule has 0 aliphatic rings. The first-order chi connectivity index (χ1) is 15.5. The predicted molar refractivity (Wildman–Crippen MR) is 119 cm³/mol. The monoisotopic (exact) mass is 436 g/mol. The highest BCUT2D eigenvalue weighted by molar-refractivity contribution is 6.49. The fourth-order valence-corrected chi connectivity index (χ4v) is 3.14. The lowest BCUT2D eigenvalue weighted by Crippen LogP contribution is -2.15. The fraction of sp³-hybridized carbons (Fsp3) is 0.200. The third-order valence-corrected chi connectivity index (χ3v) is 4.80. The van der Waals surface area contributed by atoms with E-state index in [1.54, 1.807) is 6.07 Å². The van der Waals surface area contributed by atoms with E-state index < -0.39 is 11.6 Å². The van der Waals surface area contributed by atoms with Crippen LogP contribution in [0.15, 0.2) is 60.7 Å². The van der Waals surface area contributed by atoms with Crippen molar-refractivity contribution in [1.82, 2.24) is 0 Å². The Morgan fingerprint density at radius 2 is 1.19 bits per heavy atom. The second-order valence-corrected chi connectivity index (χ2v) is 6.71. The number of rotatable bonds is 10. The van der Waals surface area contributed by atoms with Gasteiger partial charge in [0.25, 0.3) is 0 Å². The maximum atomic E-state index is 13.0. The number of ether oxygens (including phenoxy) is 5. The van der Waals surface area contributed by atoms with Crippen molar-refractivity contribution in [2.75, 3.05) is 28.4 Å². The summed E-state index contributed by atoms with van der Waals surface area (Å²) < 4.78 is 27.0. The van der Waals surface area contributed by atoms with Crippen molar-refractivity contribution in [2.45, 2.75) is 6.61 Å². The highest BCUT2D eigenvalue weighted by atomic mass is 16.5. The molecule has 32 heavy (non-hydrogen) atoms. The van der Waals surface area contributed by atoms with Crippen molar-refractivity contribution in [3.63, 3.8) is 0 Å². The van der Waals surface area contributed by atoms with Gasteiger partial charge in [-0.3, -0.25) is 9.59 Å². The van der Waals surface area contributed by atoms with Crippen molar-refractivity contribution >= 4 is 11.6 Å². The maximum absolute atomic E-state index is 13.0. The van der Waals surface area contributed by atoms with Crippen LogP contribution in [0.25, 0.3) is 0 Å². The van der Waals surface area contributed by atoms with Gasteiger partial charge < -0.3 is 23.7 Å². The van der Waals surface area contributed by atoms with Crippen LogP contribution in [0.2, 0.25) is 0 Å². The number of hydrogen-bond donors (Lipinski definition) is 0. The molecule has 7 heteroatoms. The van der Waals surface area contributed by atoms with Crippen molar-refractivity contribution in [3.8, 4) is 28.7 Å². The van der Waals surface area contributed by atoms with Crippen LogP contribution in [0, 0.1) is 0 Å². The van der Waals surface area contributed by atoms with Crippen LogP contribution in [0.4, 0.5) is 0 Å². The van der Waals surface area contributed by atoms with Crippen LogP contribution in [-0.2, 0) is 6.61 Å². The summed E-state index contributed by atoms with van der Waals surface area (Å²) >= 11 is 0. The molecule has 0 fully saturated rings. The Balaban J connectivity index is 1.89. The van der Waals surface area contributed by atoms with E-state index in [4.69, 9.17) is 23.7 Å². The van der Waals surface area contributed by atoms with Gasteiger partial charge in [0.2, 0.25) is 17.3 Å². The molecule has 0 aromatic heterocycles. The SMILES string of the molecule is COc1ccc(C(=O)C(=O)c2cc(OC)c(OC)c(OC)c2)cc1OCc1ccccc1. The third-order valence-electron chi connectivity index (χ3n) is 4.80. The van der Waals surface area contributed by atoms with Gasteiger partial charge in [-0.1, -0.05) is 30.3 Å². The molecule has 3 rings (SSSR count). The Kier molecular flexibility index (Phi) is 7.33. The first-order valence-corrected chi connectivity index (χ1v) is 9.76. The molecule has 3 aromatic rings. The number of ketones is 2. The van der Waals surface area contributed by atoms with E-state index in [0.717, 1.165) is 5.56 Å². The summed E-state index contributed by atoms with van der Waals surface area (Å²) in [5.41, 5.74) is 1.25.